The van der Waals surface area contributed by atoms with Crippen LogP contribution in [0.15, 0.2) is 22.9 Å². The second kappa shape index (κ2) is 5.82. The van der Waals surface area contributed by atoms with E-state index < -0.39 is 0 Å². The summed E-state index contributed by atoms with van der Waals surface area (Å²) in [5, 5.41) is 11.5. The second-order valence-corrected chi connectivity index (χ2v) is 4.31. The predicted molar refractivity (Wildman–Crippen MR) is 60.5 cm³/mol. The molecule has 0 spiro atoms. The zero-order chi connectivity index (χ0) is 11.3. The van der Waals surface area contributed by atoms with Crippen LogP contribution in [0.25, 0.3) is 0 Å². The molecule has 5 heteroatoms. The number of carbonyl (C=O) groups is 1. The van der Waals surface area contributed by atoms with Gasteiger partial charge in [0, 0.05) is 30.0 Å². The number of pyridine rings is 1. The van der Waals surface area contributed by atoms with Gasteiger partial charge in [-0.2, -0.15) is 0 Å². The Kier molecular flexibility index (Phi) is 4.71. The average molecular weight is 273 g/mol. The molecule has 1 amide bonds. The molecule has 1 atom stereocenters. The highest BCUT2D eigenvalue weighted by Crippen LogP contribution is 2.09. The summed E-state index contributed by atoms with van der Waals surface area (Å²) < 4.78 is 0.769. The molecule has 0 aromatic carbocycles. The first-order chi connectivity index (χ1) is 7.13. The van der Waals surface area contributed by atoms with Crippen molar-refractivity contribution in [3.8, 4) is 0 Å². The lowest BCUT2D eigenvalue weighted by molar-refractivity contribution is 0.0942. The third-order valence-electron chi connectivity index (χ3n) is 1.89. The minimum Gasteiger partial charge on any atom is -0.396 e. The van der Waals surface area contributed by atoms with E-state index in [1.165, 1.54) is 6.20 Å². The Balaban J connectivity index is 2.54. The Morgan fingerprint density at radius 2 is 2.40 bits per heavy atom. The molecule has 1 aromatic heterocycles. The summed E-state index contributed by atoms with van der Waals surface area (Å²) in [6.45, 7) is 2.39. The van der Waals surface area contributed by atoms with Crippen molar-refractivity contribution in [2.24, 2.45) is 5.92 Å². The van der Waals surface area contributed by atoms with Gasteiger partial charge in [-0.15, -0.1) is 0 Å². The van der Waals surface area contributed by atoms with Crippen LogP contribution in [0.1, 0.15) is 17.3 Å². The van der Waals surface area contributed by atoms with Crippen LogP contribution in [0.4, 0.5) is 0 Å². The fourth-order valence-corrected chi connectivity index (χ4v) is 1.33. The molecule has 0 saturated heterocycles. The molecule has 1 unspecified atom stereocenters. The Bertz CT molecular complexity index is 344. The summed E-state index contributed by atoms with van der Waals surface area (Å²) in [6.07, 6.45) is 3.12. The number of nitrogens with zero attached hydrogens (tertiary/aromatic N) is 1. The van der Waals surface area contributed by atoms with Crippen molar-refractivity contribution in [1.29, 1.82) is 0 Å². The van der Waals surface area contributed by atoms with E-state index in [1.807, 2.05) is 6.92 Å². The Labute approximate surface area is 96.8 Å². The molecular weight excluding hydrogens is 260 g/mol. The predicted octanol–water partition coefficient (Wildman–Crippen LogP) is 1.20. The van der Waals surface area contributed by atoms with Gasteiger partial charge in [0.1, 0.15) is 0 Å². The van der Waals surface area contributed by atoms with Crippen molar-refractivity contribution < 1.29 is 9.90 Å². The summed E-state index contributed by atoms with van der Waals surface area (Å²) >= 11 is 3.24. The van der Waals surface area contributed by atoms with Gasteiger partial charge in [-0.1, -0.05) is 6.92 Å². The fourth-order valence-electron chi connectivity index (χ4n) is 0.970. The SMILES string of the molecule is CC(CO)CNC(=O)c1cncc(Br)c1. The van der Waals surface area contributed by atoms with Gasteiger partial charge in [-0.05, 0) is 27.9 Å². The van der Waals surface area contributed by atoms with Crippen LogP contribution in [-0.4, -0.2) is 29.1 Å². The van der Waals surface area contributed by atoms with E-state index in [0.717, 1.165) is 4.47 Å². The van der Waals surface area contributed by atoms with Gasteiger partial charge in [-0.3, -0.25) is 9.78 Å². The van der Waals surface area contributed by atoms with E-state index in [4.69, 9.17) is 5.11 Å². The monoisotopic (exact) mass is 272 g/mol. The van der Waals surface area contributed by atoms with Gasteiger partial charge in [0.05, 0.1) is 5.56 Å². The maximum atomic E-state index is 11.6. The van der Waals surface area contributed by atoms with Crippen molar-refractivity contribution in [2.75, 3.05) is 13.2 Å². The quantitative estimate of drug-likeness (QED) is 0.866. The third kappa shape index (κ3) is 3.97. The minimum atomic E-state index is -0.177. The zero-order valence-electron chi connectivity index (χ0n) is 8.40. The first-order valence-electron chi connectivity index (χ1n) is 4.63. The van der Waals surface area contributed by atoms with E-state index >= 15 is 0 Å². The number of halogens is 1. The summed E-state index contributed by atoms with van der Waals surface area (Å²) in [7, 11) is 0. The van der Waals surface area contributed by atoms with Crippen molar-refractivity contribution in [3.05, 3.63) is 28.5 Å². The molecule has 15 heavy (non-hydrogen) atoms. The van der Waals surface area contributed by atoms with E-state index in [9.17, 15) is 4.79 Å². The van der Waals surface area contributed by atoms with Crippen LogP contribution in [0, 0.1) is 5.92 Å². The van der Waals surface area contributed by atoms with Crippen molar-refractivity contribution in [1.82, 2.24) is 10.3 Å². The highest BCUT2D eigenvalue weighted by molar-refractivity contribution is 9.10. The Morgan fingerprint density at radius 1 is 1.67 bits per heavy atom. The van der Waals surface area contributed by atoms with E-state index in [0.29, 0.717) is 12.1 Å². The number of hydrogen-bond donors (Lipinski definition) is 2. The van der Waals surface area contributed by atoms with Gasteiger partial charge in [-0.25, -0.2) is 0 Å². The molecule has 0 radical (unpaired) electrons. The first kappa shape index (κ1) is 12.1. The maximum absolute atomic E-state index is 11.6. The van der Waals surface area contributed by atoms with Crippen molar-refractivity contribution in [3.63, 3.8) is 0 Å². The molecule has 4 nitrogen and oxygen atoms in total. The number of aliphatic hydroxyl groups is 1. The molecule has 0 aliphatic rings. The third-order valence-corrected chi connectivity index (χ3v) is 2.32. The minimum absolute atomic E-state index is 0.0639. The topological polar surface area (TPSA) is 62.2 Å². The van der Waals surface area contributed by atoms with Gasteiger partial charge >= 0.3 is 0 Å². The molecule has 0 bridgehead atoms. The smallest absolute Gasteiger partial charge is 0.252 e. The number of hydrogen-bond acceptors (Lipinski definition) is 3. The molecule has 0 aliphatic carbocycles. The van der Waals surface area contributed by atoms with Crippen molar-refractivity contribution >= 4 is 21.8 Å². The van der Waals surface area contributed by atoms with Crippen LogP contribution in [-0.2, 0) is 0 Å². The van der Waals surface area contributed by atoms with Crippen LogP contribution < -0.4 is 5.32 Å². The Hall–Kier alpha value is -0.940. The van der Waals surface area contributed by atoms with Crippen LogP contribution in [0.3, 0.4) is 0 Å². The first-order valence-corrected chi connectivity index (χ1v) is 5.42. The number of aromatic nitrogens is 1. The fraction of sp³-hybridized carbons (Fsp3) is 0.400. The summed E-state index contributed by atoms with van der Waals surface area (Å²) in [5.74, 6) is -0.113. The van der Waals surface area contributed by atoms with Gasteiger partial charge in [0.25, 0.3) is 5.91 Å². The van der Waals surface area contributed by atoms with Gasteiger partial charge in [0.15, 0.2) is 0 Å². The highest BCUT2D eigenvalue weighted by atomic mass is 79.9. The lowest BCUT2D eigenvalue weighted by atomic mass is 10.2. The number of rotatable bonds is 4. The summed E-state index contributed by atoms with van der Waals surface area (Å²) in [4.78, 5) is 15.5. The molecule has 1 heterocycles. The number of nitrogens with one attached hydrogen (secondary N) is 1. The van der Waals surface area contributed by atoms with Crippen molar-refractivity contribution in [2.45, 2.75) is 6.92 Å². The van der Waals surface area contributed by atoms with Crippen LogP contribution >= 0.6 is 15.9 Å². The number of amides is 1. The van der Waals surface area contributed by atoms with E-state index in [1.54, 1.807) is 12.3 Å². The number of aliphatic hydroxyl groups excluding tert-OH is 1. The second-order valence-electron chi connectivity index (χ2n) is 3.39. The lowest BCUT2D eigenvalue weighted by Crippen LogP contribution is -2.29. The zero-order valence-corrected chi connectivity index (χ0v) is 9.99. The van der Waals surface area contributed by atoms with E-state index in [-0.39, 0.29) is 18.4 Å². The van der Waals surface area contributed by atoms with Crippen LogP contribution in [0.5, 0.6) is 0 Å². The van der Waals surface area contributed by atoms with Crippen LogP contribution in [0.2, 0.25) is 0 Å². The normalized spacial score (nSPS) is 12.2. The number of carbonyl (C=O) groups excluding carboxylic acids is 1. The Morgan fingerprint density at radius 3 is 3.00 bits per heavy atom. The molecule has 1 aromatic rings. The standard InChI is InChI=1S/C10H13BrN2O2/c1-7(6-14)3-13-10(15)8-2-9(11)5-12-4-8/h2,4-5,7,14H,3,6H2,1H3,(H,13,15). The molecule has 0 fully saturated rings. The lowest BCUT2D eigenvalue weighted by Gasteiger charge is -2.09. The maximum Gasteiger partial charge on any atom is 0.252 e. The summed E-state index contributed by atoms with van der Waals surface area (Å²) in [6, 6.07) is 1.70. The molecule has 82 valence electrons. The average Bonchev–Trinajstić information content (AvgIpc) is 2.25. The molecule has 1 rings (SSSR count). The highest BCUT2D eigenvalue weighted by Gasteiger charge is 2.07. The molecule has 0 saturated carbocycles. The van der Waals surface area contributed by atoms with E-state index in [2.05, 4.69) is 26.2 Å². The van der Waals surface area contributed by atoms with Gasteiger partial charge < -0.3 is 10.4 Å². The summed E-state index contributed by atoms with van der Waals surface area (Å²) in [5.41, 5.74) is 0.509. The van der Waals surface area contributed by atoms with Gasteiger partial charge in [0.2, 0.25) is 0 Å². The largest absolute Gasteiger partial charge is 0.396 e. The molecule has 0 aliphatic heterocycles. The molecule has 2 N–H and O–H groups in total. The molecular formula is C10H13BrN2O2.